The molecule has 0 aliphatic carbocycles. The Morgan fingerprint density at radius 2 is 1.80 bits per heavy atom. The van der Waals surface area contributed by atoms with Gasteiger partial charge in [0, 0.05) is 55.8 Å². The SMILES string of the molecule is CC(C)C(=O)Nc1nc(CC(=O)NCC(C)N2CCN(c3ccccc3)CC2)cs1. The molecule has 0 spiro atoms. The van der Waals surface area contributed by atoms with E-state index in [2.05, 4.69) is 56.6 Å². The third kappa shape index (κ3) is 6.27. The summed E-state index contributed by atoms with van der Waals surface area (Å²) in [5, 5.41) is 8.16. The van der Waals surface area contributed by atoms with Crippen LogP contribution in [0.15, 0.2) is 35.7 Å². The van der Waals surface area contributed by atoms with Crippen molar-refractivity contribution in [3.63, 3.8) is 0 Å². The second kappa shape index (κ2) is 10.5. The molecule has 1 aliphatic rings. The van der Waals surface area contributed by atoms with Gasteiger partial charge in [0.2, 0.25) is 11.8 Å². The number of benzene rings is 1. The van der Waals surface area contributed by atoms with E-state index >= 15 is 0 Å². The minimum atomic E-state index is -0.100. The number of carbonyl (C=O) groups is 2. The van der Waals surface area contributed by atoms with Gasteiger partial charge in [0.25, 0.3) is 0 Å². The standard InChI is InChI=1S/C22H31N5O2S/c1-16(2)21(29)25-22-24-18(15-30-22)13-20(28)23-14-17(3)26-9-11-27(12-10-26)19-7-5-4-6-8-19/h4-8,15-17H,9-14H2,1-3H3,(H,23,28)(H,24,25,29). The molecule has 2 heterocycles. The topological polar surface area (TPSA) is 77.6 Å². The van der Waals surface area contributed by atoms with Crippen molar-refractivity contribution >= 4 is 34.0 Å². The van der Waals surface area contributed by atoms with E-state index < -0.39 is 0 Å². The molecule has 1 unspecified atom stereocenters. The molecular weight excluding hydrogens is 398 g/mol. The Kier molecular flexibility index (Phi) is 7.81. The highest BCUT2D eigenvalue weighted by molar-refractivity contribution is 7.13. The second-order valence-electron chi connectivity index (χ2n) is 7.98. The van der Waals surface area contributed by atoms with Crippen LogP contribution in [0.1, 0.15) is 26.5 Å². The number of thiazole rings is 1. The fourth-order valence-electron chi connectivity index (χ4n) is 3.37. The first-order valence-corrected chi connectivity index (χ1v) is 11.4. The number of anilines is 2. The molecule has 2 N–H and O–H groups in total. The molecule has 7 nitrogen and oxygen atoms in total. The molecule has 1 atom stereocenters. The van der Waals surface area contributed by atoms with E-state index in [9.17, 15) is 9.59 Å². The first-order valence-electron chi connectivity index (χ1n) is 10.5. The Morgan fingerprint density at radius 1 is 1.10 bits per heavy atom. The van der Waals surface area contributed by atoms with Crippen LogP contribution in [-0.2, 0) is 16.0 Å². The lowest BCUT2D eigenvalue weighted by Gasteiger charge is -2.39. The minimum absolute atomic E-state index is 0.0446. The van der Waals surface area contributed by atoms with Crippen molar-refractivity contribution in [2.45, 2.75) is 33.2 Å². The predicted octanol–water partition coefficient (Wildman–Crippen LogP) is 2.61. The van der Waals surface area contributed by atoms with E-state index in [-0.39, 0.29) is 30.2 Å². The molecule has 162 valence electrons. The average molecular weight is 430 g/mol. The maximum atomic E-state index is 12.3. The molecule has 1 aromatic carbocycles. The Bertz CT molecular complexity index is 831. The van der Waals surface area contributed by atoms with Crippen LogP contribution < -0.4 is 15.5 Å². The quantitative estimate of drug-likeness (QED) is 0.675. The molecule has 0 bridgehead atoms. The Balaban J connectivity index is 1.39. The molecule has 1 aliphatic heterocycles. The predicted molar refractivity (Wildman–Crippen MR) is 122 cm³/mol. The van der Waals surface area contributed by atoms with E-state index in [0.717, 1.165) is 26.2 Å². The summed E-state index contributed by atoms with van der Waals surface area (Å²) in [4.78, 5) is 33.2. The van der Waals surface area contributed by atoms with Crippen LogP contribution in [0, 0.1) is 5.92 Å². The first kappa shape index (κ1) is 22.2. The van der Waals surface area contributed by atoms with E-state index in [0.29, 0.717) is 17.4 Å². The number of nitrogens with zero attached hydrogens (tertiary/aromatic N) is 3. The molecule has 1 fully saturated rings. The Labute approximate surface area is 182 Å². The number of hydrogen-bond donors (Lipinski definition) is 2. The van der Waals surface area contributed by atoms with Gasteiger partial charge < -0.3 is 15.5 Å². The third-order valence-electron chi connectivity index (χ3n) is 5.30. The summed E-state index contributed by atoms with van der Waals surface area (Å²) in [6.07, 6.45) is 0.225. The lowest BCUT2D eigenvalue weighted by atomic mass is 10.2. The minimum Gasteiger partial charge on any atom is -0.369 e. The van der Waals surface area contributed by atoms with E-state index in [1.807, 2.05) is 25.3 Å². The molecule has 8 heteroatoms. The monoisotopic (exact) mass is 429 g/mol. The second-order valence-corrected chi connectivity index (χ2v) is 8.83. The van der Waals surface area contributed by atoms with Crippen molar-refractivity contribution < 1.29 is 9.59 Å². The zero-order valence-electron chi connectivity index (χ0n) is 17.9. The molecular formula is C22H31N5O2S. The molecule has 2 aromatic rings. The van der Waals surface area contributed by atoms with Gasteiger partial charge in [-0.1, -0.05) is 32.0 Å². The number of piperazine rings is 1. The lowest BCUT2D eigenvalue weighted by molar-refractivity contribution is -0.121. The fourth-order valence-corrected chi connectivity index (χ4v) is 4.09. The largest absolute Gasteiger partial charge is 0.369 e. The highest BCUT2D eigenvalue weighted by Gasteiger charge is 2.21. The van der Waals surface area contributed by atoms with Crippen LogP contribution in [0.25, 0.3) is 0 Å². The van der Waals surface area contributed by atoms with E-state index in [1.54, 1.807) is 0 Å². The van der Waals surface area contributed by atoms with Gasteiger partial charge in [-0.05, 0) is 19.1 Å². The summed E-state index contributed by atoms with van der Waals surface area (Å²) in [6.45, 7) is 10.4. The van der Waals surface area contributed by atoms with Gasteiger partial charge in [-0.3, -0.25) is 14.5 Å². The number of para-hydroxylation sites is 1. The Hall–Kier alpha value is -2.45. The van der Waals surface area contributed by atoms with Crippen LogP contribution in [0.3, 0.4) is 0 Å². The summed E-state index contributed by atoms with van der Waals surface area (Å²) in [6, 6.07) is 10.8. The number of carbonyl (C=O) groups excluding carboxylic acids is 2. The number of aromatic nitrogens is 1. The van der Waals surface area contributed by atoms with Gasteiger partial charge in [-0.25, -0.2) is 4.98 Å². The highest BCUT2D eigenvalue weighted by atomic mass is 32.1. The smallest absolute Gasteiger partial charge is 0.228 e. The van der Waals surface area contributed by atoms with Crippen molar-refractivity contribution in [1.82, 2.24) is 15.2 Å². The molecule has 1 saturated heterocycles. The average Bonchev–Trinajstić information content (AvgIpc) is 3.19. The van der Waals surface area contributed by atoms with E-state index in [1.165, 1.54) is 17.0 Å². The van der Waals surface area contributed by atoms with Gasteiger partial charge in [0.1, 0.15) is 0 Å². The zero-order chi connectivity index (χ0) is 21.5. The first-order chi connectivity index (χ1) is 14.4. The molecule has 2 amide bonds. The number of nitrogens with one attached hydrogen (secondary N) is 2. The van der Waals surface area contributed by atoms with Crippen molar-refractivity contribution in [1.29, 1.82) is 0 Å². The summed E-state index contributed by atoms with van der Waals surface area (Å²) in [5.74, 6) is -0.213. The lowest BCUT2D eigenvalue weighted by Crippen LogP contribution is -2.52. The summed E-state index contributed by atoms with van der Waals surface area (Å²) in [7, 11) is 0. The number of hydrogen-bond acceptors (Lipinski definition) is 6. The highest BCUT2D eigenvalue weighted by Crippen LogP contribution is 2.18. The summed E-state index contributed by atoms with van der Waals surface area (Å²) < 4.78 is 0. The van der Waals surface area contributed by atoms with E-state index in [4.69, 9.17) is 0 Å². The van der Waals surface area contributed by atoms with Crippen molar-refractivity contribution in [2.24, 2.45) is 5.92 Å². The number of amides is 2. The van der Waals surface area contributed by atoms with Crippen LogP contribution in [0.2, 0.25) is 0 Å². The van der Waals surface area contributed by atoms with Crippen molar-refractivity contribution in [3.8, 4) is 0 Å². The van der Waals surface area contributed by atoms with Gasteiger partial charge in [0.05, 0.1) is 12.1 Å². The molecule has 0 saturated carbocycles. The van der Waals surface area contributed by atoms with Crippen LogP contribution >= 0.6 is 11.3 Å². The van der Waals surface area contributed by atoms with Crippen molar-refractivity contribution in [3.05, 3.63) is 41.4 Å². The van der Waals surface area contributed by atoms with Crippen LogP contribution in [-0.4, -0.2) is 60.5 Å². The van der Waals surface area contributed by atoms with Crippen molar-refractivity contribution in [2.75, 3.05) is 42.9 Å². The van der Waals surface area contributed by atoms with Crippen LogP contribution in [0.5, 0.6) is 0 Å². The maximum absolute atomic E-state index is 12.3. The third-order valence-corrected chi connectivity index (χ3v) is 6.11. The molecule has 1 aromatic heterocycles. The number of rotatable bonds is 8. The van der Waals surface area contributed by atoms with Crippen LogP contribution in [0.4, 0.5) is 10.8 Å². The summed E-state index contributed by atoms with van der Waals surface area (Å²) >= 11 is 1.35. The molecule has 30 heavy (non-hydrogen) atoms. The molecule has 0 radical (unpaired) electrons. The fraction of sp³-hybridized carbons (Fsp3) is 0.500. The maximum Gasteiger partial charge on any atom is 0.228 e. The summed E-state index contributed by atoms with van der Waals surface area (Å²) in [5.41, 5.74) is 1.95. The zero-order valence-corrected chi connectivity index (χ0v) is 18.7. The van der Waals surface area contributed by atoms with Gasteiger partial charge in [-0.2, -0.15) is 0 Å². The Morgan fingerprint density at radius 3 is 2.47 bits per heavy atom. The normalized spacial score (nSPS) is 15.8. The molecule has 3 rings (SSSR count). The van der Waals surface area contributed by atoms with Gasteiger partial charge >= 0.3 is 0 Å². The van der Waals surface area contributed by atoms with Gasteiger partial charge in [-0.15, -0.1) is 11.3 Å². The van der Waals surface area contributed by atoms with Gasteiger partial charge in [0.15, 0.2) is 5.13 Å².